The van der Waals surface area contributed by atoms with E-state index in [1.165, 1.54) is 0 Å². The molecule has 0 saturated heterocycles. The van der Waals surface area contributed by atoms with Gasteiger partial charge in [-0.3, -0.25) is 0 Å². The fraction of sp³-hybridized carbons (Fsp3) is 0.400. The molecule has 1 aromatic rings. The molecule has 0 radical (unpaired) electrons. The van der Waals surface area contributed by atoms with Crippen LogP contribution in [0.5, 0.6) is 0 Å². The second-order valence-electron chi connectivity index (χ2n) is 4.22. The average Bonchev–Trinajstić information content (AvgIpc) is 1.85. The third-order valence-corrected chi connectivity index (χ3v) is 9.12. The van der Waals surface area contributed by atoms with Crippen molar-refractivity contribution in [1.82, 2.24) is 0 Å². The fourth-order valence-electron chi connectivity index (χ4n) is 1.21. The van der Waals surface area contributed by atoms with E-state index in [2.05, 4.69) is 51.1 Å². The molecule has 56 valence electrons. The Morgan fingerprint density at radius 3 is 2.00 bits per heavy atom. The first-order chi connectivity index (χ1) is 5.08. The van der Waals surface area contributed by atoms with Gasteiger partial charge in [0.2, 0.25) is 0 Å². The van der Waals surface area contributed by atoms with Gasteiger partial charge in [0, 0.05) is 0 Å². The zero-order valence-corrected chi connectivity index (χ0v) is 13.1. The Kier molecular flexibility index (Phi) is 3.11. The van der Waals surface area contributed by atoms with Crippen LogP contribution < -0.4 is 3.07 Å². The van der Waals surface area contributed by atoms with Crippen LogP contribution in [0.2, 0.25) is 2.92 Å². The van der Waals surface area contributed by atoms with Gasteiger partial charge in [0.15, 0.2) is 0 Å². The van der Waals surface area contributed by atoms with Crippen molar-refractivity contribution in [2.24, 2.45) is 0 Å². The van der Waals surface area contributed by atoms with Gasteiger partial charge < -0.3 is 0 Å². The fourth-order valence-corrected chi connectivity index (χ4v) is 7.94. The molecular formula is C10H14Hg. The van der Waals surface area contributed by atoms with Crippen molar-refractivity contribution in [3.05, 3.63) is 30.3 Å². The van der Waals surface area contributed by atoms with Crippen molar-refractivity contribution in [2.75, 3.05) is 0 Å². The first kappa shape index (κ1) is 9.24. The van der Waals surface area contributed by atoms with E-state index in [1.807, 2.05) is 0 Å². The van der Waals surface area contributed by atoms with Crippen LogP contribution >= 0.6 is 0 Å². The zero-order chi connectivity index (χ0) is 8.32. The van der Waals surface area contributed by atoms with E-state index >= 15 is 0 Å². The molecule has 0 amide bonds. The first-order valence-corrected chi connectivity index (χ1v) is 9.62. The van der Waals surface area contributed by atoms with Gasteiger partial charge in [0.1, 0.15) is 0 Å². The van der Waals surface area contributed by atoms with Gasteiger partial charge in [-0.25, -0.2) is 0 Å². The van der Waals surface area contributed by atoms with Crippen LogP contribution in [0.3, 0.4) is 0 Å². The number of hydrogen-bond donors (Lipinski definition) is 0. The van der Waals surface area contributed by atoms with Crippen LogP contribution in [0.1, 0.15) is 20.8 Å². The van der Waals surface area contributed by atoms with E-state index in [9.17, 15) is 0 Å². The molecule has 0 aliphatic heterocycles. The topological polar surface area (TPSA) is 0 Å². The Hall–Kier alpha value is 0.155. The molecule has 0 spiro atoms. The molecule has 0 aliphatic carbocycles. The van der Waals surface area contributed by atoms with Crippen molar-refractivity contribution >= 4 is 3.07 Å². The van der Waals surface area contributed by atoms with E-state index < -0.39 is 24.6 Å². The van der Waals surface area contributed by atoms with E-state index in [1.54, 1.807) is 3.07 Å². The zero-order valence-electron chi connectivity index (χ0n) is 7.59. The van der Waals surface area contributed by atoms with E-state index in [4.69, 9.17) is 0 Å². The summed E-state index contributed by atoms with van der Waals surface area (Å²) < 4.78 is 2.28. The molecule has 0 N–H and O–H groups in total. The summed E-state index contributed by atoms with van der Waals surface area (Å²) in [5.41, 5.74) is 0. The maximum atomic E-state index is 2.36. The average molecular weight is 335 g/mol. The van der Waals surface area contributed by atoms with Gasteiger partial charge in [-0.05, 0) is 0 Å². The standard InChI is InChI=1S/C6H5.C4H9.Hg/c1-2-4-6-5-3-1;1-4(2)3;/h1-5H;1-3H3;. The second-order valence-corrected chi connectivity index (χ2v) is 17.0. The van der Waals surface area contributed by atoms with Crippen LogP contribution in [0.4, 0.5) is 0 Å². The molecule has 11 heavy (non-hydrogen) atoms. The maximum absolute atomic E-state index is 2.36. The van der Waals surface area contributed by atoms with Gasteiger partial charge in [-0.1, -0.05) is 0 Å². The summed E-state index contributed by atoms with van der Waals surface area (Å²) in [7, 11) is 0. The van der Waals surface area contributed by atoms with Crippen molar-refractivity contribution in [2.45, 2.75) is 23.7 Å². The van der Waals surface area contributed by atoms with Gasteiger partial charge >= 0.3 is 81.7 Å². The van der Waals surface area contributed by atoms with E-state index in [-0.39, 0.29) is 0 Å². The normalized spacial score (nSPS) is 10.8. The summed E-state index contributed by atoms with van der Waals surface area (Å²) in [5.74, 6) is 0. The van der Waals surface area contributed by atoms with Crippen LogP contribution in [0.15, 0.2) is 30.3 Å². The molecule has 0 atom stereocenters. The summed E-state index contributed by atoms with van der Waals surface area (Å²) in [6, 6.07) is 11.0. The molecule has 1 rings (SSSR count). The minimum absolute atomic E-state index is 0.626. The van der Waals surface area contributed by atoms with Gasteiger partial charge in [0.05, 0.1) is 0 Å². The summed E-state index contributed by atoms with van der Waals surface area (Å²) in [6.07, 6.45) is 0. The Morgan fingerprint density at radius 1 is 1.00 bits per heavy atom. The SMILES string of the molecule is C[C](C)(C)[Hg][c]1ccccc1. The van der Waals surface area contributed by atoms with Crippen molar-refractivity contribution in [1.29, 1.82) is 0 Å². The molecular weight excluding hydrogens is 321 g/mol. The van der Waals surface area contributed by atoms with Gasteiger partial charge in [-0.2, -0.15) is 0 Å². The van der Waals surface area contributed by atoms with Crippen molar-refractivity contribution < 1.29 is 24.6 Å². The molecule has 1 heteroatoms. The number of hydrogen-bond acceptors (Lipinski definition) is 0. The molecule has 0 bridgehead atoms. The number of rotatable bonds is 1. The van der Waals surface area contributed by atoms with Crippen LogP contribution in [-0.2, 0) is 24.6 Å². The second kappa shape index (κ2) is 3.71. The summed E-state index contributed by atoms with van der Waals surface area (Å²) in [4.78, 5) is 0. The van der Waals surface area contributed by atoms with Crippen molar-refractivity contribution in [3.8, 4) is 0 Å². The van der Waals surface area contributed by atoms with Crippen LogP contribution in [-0.4, -0.2) is 0 Å². The Bertz CT molecular complexity index is 208. The minimum atomic E-state index is -0.813. The third kappa shape index (κ3) is 3.90. The molecule has 0 heterocycles. The summed E-state index contributed by atoms with van der Waals surface area (Å²) in [6.45, 7) is 7.09. The monoisotopic (exact) mass is 336 g/mol. The molecule has 1 aromatic carbocycles. The third-order valence-electron chi connectivity index (χ3n) is 1.58. The van der Waals surface area contributed by atoms with E-state index in [0.717, 1.165) is 0 Å². The molecule has 0 saturated carbocycles. The van der Waals surface area contributed by atoms with Crippen molar-refractivity contribution in [3.63, 3.8) is 0 Å². The molecule has 0 unspecified atom stereocenters. The summed E-state index contributed by atoms with van der Waals surface area (Å²) >= 11 is -0.813. The van der Waals surface area contributed by atoms with Gasteiger partial charge in [0.25, 0.3) is 0 Å². The number of benzene rings is 1. The van der Waals surface area contributed by atoms with Crippen LogP contribution in [0.25, 0.3) is 0 Å². The molecule has 0 nitrogen and oxygen atoms in total. The molecule has 0 aromatic heterocycles. The Balaban J connectivity index is 2.66. The quantitative estimate of drug-likeness (QED) is 0.693. The van der Waals surface area contributed by atoms with Crippen LogP contribution in [0, 0.1) is 0 Å². The molecule has 0 aliphatic rings. The van der Waals surface area contributed by atoms with Gasteiger partial charge in [-0.15, -0.1) is 0 Å². The van der Waals surface area contributed by atoms with E-state index in [0.29, 0.717) is 2.92 Å². The first-order valence-electron chi connectivity index (χ1n) is 4.12. The predicted molar refractivity (Wildman–Crippen MR) is 45.8 cm³/mol. The summed E-state index contributed by atoms with van der Waals surface area (Å²) in [5, 5.41) is 0. The predicted octanol–water partition coefficient (Wildman–Crippen LogP) is 2.61. The molecule has 0 fully saturated rings. The Morgan fingerprint density at radius 2 is 1.55 bits per heavy atom. The Labute approximate surface area is 81.4 Å².